The molecule has 1 unspecified atom stereocenters. The van der Waals surface area contributed by atoms with Gasteiger partial charge in [0.05, 0.1) is 23.7 Å². The van der Waals surface area contributed by atoms with Crippen LogP contribution in [0.5, 0.6) is 0 Å². The van der Waals surface area contributed by atoms with Gasteiger partial charge in [-0.25, -0.2) is 23.7 Å². The Kier molecular flexibility index (Phi) is 9.71. The maximum atomic E-state index is 14.8. The second kappa shape index (κ2) is 13.9. The van der Waals surface area contributed by atoms with Crippen LogP contribution in [0.3, 0.4) is 0 Å². The zero-order chi connectivity index (χ0) is 30.6. The third-order valence-corrected chi connectivity index (χ3v) is 10.2. The molecule has 0 bridgehead atoms. The van der Waals surface area contributed by atoms with Gasteiger partial charge in [0.25, 0.3) is 0 Å². The molecule has 238 valence electrons. The second-order valence-electron chi connectivity index (χ2n) is 12.9. The van der Waals surface area contributed by atoms with Gasteiger partial charge >= 0.3 is 0 Å². The molecule has 4 aliphatic rings. The van der Waals surface area contributed by atoms with Crippen LogP contribution < -0.4 is 10.6 Å². The van der Waals surface area contributed by atoms with Crippen molar-refractivity contribution >= 4 is 29.1 Å². The van der Waals surface area contributed by atoms with Crippen LogP contribution in [0, 0.1) is 29.4 Å². The minimum Gasteiger partial charge on any atom is -0.393 e. The largest absolute Gasteiger partial charge is 0.393 e. The standard InChI is InChI=1S/C33H45F2N7O2/c1-2-41-15-17-42(18-16-41)32(44)22-5-3-21(4-6-22)26-12-14-29-30(39-31(26)38-28-13-7-23(34)19-27(28)35)20-36-33(40-29)37-24-8-10-25(43)11-9-24/h7,13,19-22,24-26,43H,2-6,8-12,14-18H2,1H3,(H,38,39)(H,36,37,40). The van der Waals surface area contributed by atoms with Crippen LogP contribution in [0.15, 0.2) is 29.4 Å². The van der Waals surface area contributed by atoms with Crippen molar-refractivity contribution in [2.75, 3.05) is 43.4 Å². The van der Waals surface area contributed by atoms with Gasteiger partial charge in [-0.3, -0.25) is 4.79 Å². The molecular weight excluding hydrogens is 564 g/mol. The van der Waals surface area contributed by atoms with E-state index in [4.69, 9.17) is 9.98 Å². The summed E-state index contributed by atoms with van der Waals surface area (Å²) in [5.74, 6) is 0.503. The number of piperazine rings is 1. The lowest BCUT2D eigenvalue weighted by Gasteiger charge is -2.38. The summed E-state index contributed by atoms with van der Waals surface area (Å²) < 4.78 is 28.4. The molecule has 0 radical (unpaired) electrons. The van der Waals surface area contributed by atoms with E-state index < -0.39 is 11.6 Å². The van der Waals surface area contributed by atoms with Crippen molar-refractivity contribution in [2.24, 2.45) is 22.7 Å². The summed E-state index contributed by atoms with van der Waals surface area (Å²) in [5.41, 5.74) is 1.72. The zero-order valence-electron chi connectivity index (χ0n) is 25.7. The number of fused-ring (bicyclic) bond motifs is 1. The van der Waals surface area contributed by atoms with Crippen molar-refractivity contribution in [2.45, 2.75) is 83.3 Å². The minimum absolute atomic E-state index is 0.00838. The summed E-state index contributed by atoms with van der Waals surface area (Å²) in [7, 11) is 0. The maximum absolute atomic E-state index is 14.8. The highest BCUT2D eigenvalue weighted by Crippen LogP contribution is 2.39. The second-order valence-corrected chi connectivity index (χ2v) is 12.9. The molecule has 3 N–H and O–H groups in total. The first-order valence-corrected chi connectivity index (χ1v) is 16.5. The van der Waals surface area contributed by atoms with Crippen molar-refractivity contribution in [3.63, 3.8) is 0 Å². The number of nitrogens with one attached hydrogen (secondary N) is 2. The van der Waals surface area contributed by atoms with Crippen molar-refractivity contribution in [1.82, 2.24) is 19.8 Å². The number of hydrogen-bond donors (Lipinski definition) is 3. The molecule has 1 saturated heterocycles. The SMILES string of the molecule is CCN1CCN(C(=O)C2CCC(C3CCc4nc(NC5CCC(O)CC5)ncc4NC3=Nc3ccc(F)cc3F)CC2)CC1. The number of hydrogen-bond acceptors (Lipinski definition) is 7. The zero-order valence-corrected chi connectivity index (χ0v) is 25.7. The number of aryl methyl sites for hydroxylation is 1. The van der Waals surface area contributed by atoms with Gasteiger partial charge in [0.15, 0.2) is 5.82 Å². The first-order chi connectivity index (χ1) is 21.4. The molecule has 2 aliphatic heterocycles. The van der Waals surface area contributed by atoms with E-state index in [1.165, 1.54) is 12.1 Å². The number of carbonyl (C=O) groups excluding carboxylic acids is 1. The Morgan fingerprint density at radius 3 is 2.50 bits per heavy atom. The van der Waals surface area contributed by atoms with Crippen LogP contribution in [-0.2, 0) is 11.2 Å². The fourth-order valence-electron chi connectivity index (χ4n) is 7.43. The van der Waals surface area contributed by atoms with Crippen LogP contribution in [0.25, 0.3) is 0 Å². The molecule has 3 heterocycles. The van der Waals surface area contributed by atoms with Crippen LogP contribution in [0.4, 0.5) is 26.1 Å². The monoisotopic (exact) mass is 609 g/mol. The predicted molar refractivity (Wildman–Crippen MR) is 167 cm³/mol. The fourth-order valence-corrected chi connectivity index (χ4v) is 7.43. The molecule has 9 nitrogen and oxygen atoms in total. The Bertz CT molecular complexity index is 1330. The summed E-state index contributed by atoms with van der Waals surface area (Å²) >= 11 is 0. The van der Waals surface area contributed by atoms with E-state index in [0.29, 0.717) is 18.2 Å². The number of amides is 1. The number of aliphatic imine (C=N–C) groups is 1. The third-order valence-electron chi connectivity index (χ3n) is 10.2. The molecule has 1 aromatic heterocycles. The molecule has 0 spiro atoms. The normalized spacial score (nSPS) is 29.0. The Balaban J connectivity index is 1.18. The molecule has 44 heavy (non-hydrogen) atoms. The predicted octanol–water partition coefficient (Wildman–Crippen LogP) is 5.15. The van der Waals surface area contributed by atoms with Gasteiger partial charge in [-0.1, -0.05) is 6.92 Å². The number of anilines is 2. The molecule has 1 atom stereocenters. The van der Waals surface area contributed by atoms with Gasteiger partial charge in [0.2, 0.25) is 11.9 Å². The van der Waals surface area contributed by atoms with Gasteiger partial charge in [-0.2, -0.15) is 0 Å². The highest BCUT2D eigenvalue weighted by Gasteiger charge is 2.37. The van der Waals surface area contributed by atoms with E-state index in [1.54, 1.807) is 6.20 Å². The molecule has 3 fully saturated rings. The van der Waals surface area contributed by atoms with E-state index in [-0.39, 0.29) is 41.5 Å². The van der Waals surface area contributed by atoms with Crippen LogP contribution >= 0.6 is 0 Å². The first kappa shape index (κ1) is 30.8. The Labute approximate surface area is 258 Å². The number of rotatable bonds is 6. The summed E-state index contributed by atoms with van der Waals surface area (Å²) in [4.78, 5) is 31.9. The van der Waals surface area contributed by atoms with Crippen LogP contribution in [0.1, 0.15) is 70.4 Å². The highest BCUT2D eigenvalue weighted by molar-refractivity contribution is 6.00. The van der Waals surface area contributed by atoms with E-state index in [0.717, 1.165) is 108 Å². The molecule has 2 aliphatic carbocycles. The number of likely N-dealkylation sites (N-methyl/N-ethyl adjacent to an activating group) is 1. The fraction of sp³-hybridized carbons (Fsp3) is 0.636. The Morgan fingerprint density at radius 2 is 1.80 bits per heavy atom. The van der Waals surface area contributed by atoms with Gasteiger partial charge < -0.3 is 25.5 Å². The van der Waals surface area contributed by atoms with E-state index in [9.17, 15) is 18.7 Å². The average molecular weight is 610 g/mol. The lowest BCUT2D eigenvalue weighted by molar-refractivity contribution is -0.138. The van der Waals surface area contributed by atoms with Gasteiger partial charge in [0.1, 0.15) is 17.3 Å². The third kappa shape index (κ3) is 7.20. The molecule has 2 aromatic rings. The quantitative estimate of drug-likeness (QED) is 0.416. The van der Waals surface area contributed by atoms with Crippen molar-refractivity contribution in [1.29, 1.82) is 0 Å². The molecule has 1 amide bonds. The number of nitrogens with zero attached hydrogens (tertiary/aromatic N) is 5. The number of benzene rings is 1. The van der Waals surface area contributed by atoms with Crippen molar-refractivity contribution < 1.29 is 18.7 Å². The van der Waals surface area contributed by atoms with Crippen LogP contribution in [0.2, 0.25) is 0 Å². The molecule has 6 rings (SSSR count). The molecular formula is C33H45F2N7O2. The molecule has 11 heteroatoms. The lowest BCUT2D eigenvalue weighted by atomic mass is 9.73. The Hall–Kier alpha value is -3.18. The summed E-state index contributed by atoms with van der Waals surface area (Å²) in [6, 6.07) is 3.70. The topological polar surface area (TPSA) is 106 Å². The number of amidine groups is 1. The minimum atomic E-state index is -0.701. The van der Waals surface area contributed by atoms with Gasteiger partial charge in [-0.05, 0) is 88.8 Å². The number of halogens is 2. The molecule has 2 saturated carbocycles. The van der Waals surface area contributed by atoms with Crippen molar-refractivity contribution in [3.05, 3.63) is 41.7 Å². The maximum Gasteiger partial charge on any atom is 0.225 e. The van der Waals surface area contributed by atoms with Crippen molar-refractivity contribution in [3.8, 4) is 0 Å². The van der Waals surface area contributed by atoms with Gasteiger partial charge in [0, 0.05) is 50.1 Å². The van der Waals surface area contributed by atoms with Crippen LogP contribution in [-0.4, -0.2) is 81.5 Å². The summed E-state index contributed by atoms with van der Waals surface area (Å²) in [5, 5.41) is 16.8. The average Bonchev–Trinajstić information content (AvgIpc) is 3.22. The number of carbonyl (C=O) groups is 1. The lowest BCUT2D eigenvalue weighted by Crippen LogP contribution is -2.50. The van der Waals surface area contributed by atoms with Gasteiger partial charge in [-0.15, -0.1) is 0 Å². The smallest absolute Gasteiger partial charge is 0.225 e. The molecule has 1 aromatic carbocycles. The summed E-state index contributed by atoms with van der Waals surface area (Å²) in [6.07, 6.45) is 9.77. The first-order valence-electron chi connectivity index (χ1n) is 16.5. The number of aromatic nitrogens is 2. The Morgan fingerprint density at radius 1 is 1.05 bits per heavy atom. The number of aliphatic hydroxyl groups is 1. The highest BCUT2D eigenvalue weighted by atomic mass is 19.1. The van der Waals surface area contributed by atoms with E-state index in [2.05, 4.69) is 27.4 Å². The van der Waals surface area contributed by atoms with E-state index in [1.807, 2.05) is 4.90 Å². The summed E-state index contributed by atoms with van der Waals surface area (Å²) in [6.45, 7) is 6.67. The van der Waals surface area contributed by atoms with E-state index >= 15 is 0 Å². The number of aliphatic hydroxyl groups excluding tert-OH is 1.